The third kappa shape index (κ3) is 4.63. The second kappa shape index (κ2) is 8.45. The molecule has 0 spiro atoms. The number of hydrogen-bond acceptors (Lipinski definition) is 4. The standard InChI is InChI=1S/C22H25N5O2/c23-22(29)17-5-7-18(8-6-17)25-21(28)14-26-11-9-16(10-12-26)13-27-15-24-19-3-1-2-4-20(19)27/h1-8,15-16H,9-14H2,(H2,23,29)(H,25,28). The van der Waals surface area contributed by atoms with Gasteiger partial charge >= 0.3 is 0 Å². The van der Waals surface area contributed by atoms with Gasteiger partial charge in [-0.2, -0.15) is 0 Å². The maximum absolute atomic E-state index is 12.3. The summed E-state index contributed by atoms with van der Waals surface area (Å²) in [6.07, 6.45) is 4.05. The highest BCUT2D eigenvalue weighted by Gasteiger charge is 2.21. The van der Waals surface area contributed by atoms with Crippen LogP contribution in [0, 0.1) is 5.92 Å². The first-order chi connectivity index (χ1) is 14.1. The summed E-state index contributed by atoms with van der Waals surface area (Å²) in [6, 6.07) is 14.8. The van der Waals surface area contributed by atoms with Crippen LogP contribution in [0.15, 0.2) is 54.9 Å². The number of primary amides is 1. The van der Waals surface area contributed by atoms with Crippen LogP contribution in [0.4, 0.5) is 5.69 Å². The summed E-state index contributed by atoms with van der Waals surface area (Å²) in [4.78, 5) is 30.1. The van der Waals surface area contributed by atoms with Crippen LogP contribution in [0.3, 0.4) is 0 Å². The topological polar surface area (TPSA) is 93.2 Å². The third-order valence-electron chi connectivity index (χ3n) is 5.51. The van der Waals surface area contributed by atoms with Crippen LogP contribution in [0.2, 0.25) is 0 Å². The first-order valence-corrected chi connectivity index (χ1v) is 9.90. The van der Waals surface area contributed by atoms with Crippen LogP contribution in [-0.2, 0) is 11.3 Å². The number of imidazole rings is 1. The van der Waals surface area contributed by atoms with Crippen LogP contribution in [0.25, 0.3) is 11.0 Å². The molecular weight excluding hydrogens is 366 g/mol. The molecule has 1 saturated heterocycles. The van der Waals surface area contributed by atoms with Crippen molar-refractivity contribution in [1.29, 1.82) is 0 Å². The lowest BCUT2D eigenvalue weighted by atomic mass is 9.96. The van der Waals surface area contributed by atoms with Gasteiger partial charge in [0.05, 0.1) is 23.9 Å². The summed E-state index contributed by atoms with van der Waals surface area (Å²) in [7, 11) is 0. The van der Waals surface area contributed by atoms with Crippen LogP contribution in [-0.4, -0.2) is 45.9 Å². The van der Waals surface area contributed by atoms with E-state index in [1.54, 1.807) is 24.3 Å². The number of benzene rings is 2. The van der Waals surface area contributed by atoms with Gasteiger partial charge in [-0.05, 0) is 68.2 Å². The predicted molar refractivity (Wildman–Crippen MR) is 112 cm³/mol. The van der Waals surface area contributed by atoms with E-state index in [1.807, 2.05) is 24.5 Å². The lowest BCUT2D eigenvalue weighted by molar-refractivity contribution is -0.117. The summed E-state index contributed by atoms with van der Waals surface area (Å²) in [5.74, 6) is 0.0681. The monoisotopic (exact) mass is 391 g/mol. The van der Waals surface area contributed by atoms with E-state index in [9.17, 15) is 9.59 Å². The zero-order valence-corrected chi connectivity index (χ0v) is 16.3. The molecule has 3 N–H and O–H groups in total. The zero-order chi connectivity index (χ0) is 20.2. The average Bonchev–Trinajstić information content (AvgIpc) is 3.13. The number of nitrogens with one attached hydrogen (secondary N) is 1. The van der Waals surface area contributed by atoms with E-state index in [0.717, 1.165) is 38.0 Å². The van der Waals surface area contributed by atoms with Gasteiger partial charge in [0, 0.05) is 17.8 Å². The van der Waals surface area contributed by atoms with E-state index in [1.165, 1.54) is 5.52 Å². The number of likely N-dealkylation sites (tertiary alicyclic amines) is 1. The molecule has 7 heteroatoms. The molecule has 4 rings (SSSR count). The summed E-state index contributed by atoms with van der Waals surface area (Å²) in [6.45, 7) is 3.15. The molecule has 0 saturated carbocycles. The molecule has 0 aliphatic carbocycles. The lowest BCUT2D eigenvalue weighted by Gasteiger charge is -2.31. The average molecular weight is 391 g/mol. The number of amides is 2. The minimum atomic E-state index is -0.477. The normalized spacial score (nSPS) is 15.4. The maximum atomic E-state index is 12.3. The predicted octanol–water partition coefficient (Wildman–Crippen LogP) is 2.49. The Hall–Kier alpha value is -3.19. The Kier molecular flexibility index (Phi) is 5.57. The van der Waals surface area contributed by atoms with Gasteiger partial charge in [-0.15, -0.1) is 0 Å². The van der Waals surface area contributed by atoms with Crippen molar-refractivity contribution in [2.24, 2.45) is 11.7 Å². The fraction of sp³-hybridized carbons (Fsp3) is 0.318. The maximum Gasteiger partial charge on any atom is 0.248 e. The summed E-state index contributed by atoms with van der Waals surface area (Å²) in [5, 5.41) is 2.88. The zero-order valence-electron chi connectivity index (χ0n) is 16.3. The first kappa shape index (κ1) is 19.1. The molecule has 1 aliphatic heterocycles. The highest BCUT2D eigenvalue weighted by molar-refractivity contribution is 5.95. The van der Waals surface area contributed by atoms with Crippen molar-refractivity contribution in [3.05, 3.63) is 60.4 Å². The Labute approximate surface area is 169 Å². The summed E-state index contributed by atoms with van der Waals surface area (Å²) < 4.78 is 2.23. The molecule has 3 aromatic rings. The molecule has 0 atom stereocenters. The number of carbonyl (C=O) groups excluding carboxylic acids is 2. The third-order valence-corrected chi connectivity index (χ3v) is 5.51. The highest BCUT2D eigenvalue weighted by Crippen LogP contribution is 2.21. The van der Waals surface area contributed by atoms with Gasteiger partial charge in [0.25, 0.3) is 0 Å². The number of aromatic nitrogens is 2. The fourth-order valence-electron chi connectivity index (χ4n) is 3.88. The van der Waals surface area contributed by atoms with Gasteiger partial charge in [0.2, 0.25) is 11.8 Å². The van der Waals surface area contributed by atoms with E-state index < -0.39 is 5.91 Å². The van der Waals surface area contributed by atoms with E-state index in [-0.39, 0.29) is 5.91 Å². The van der Waals surface area contributed by atoms with Gasteiger partial charge in [-0.3, -0.25) is 14.5 Å². The van der Waals surface area contributed by atoms with Crippen LogP contribution in [0.5, 0.6) is 0 Å². The van der Waals surface area contributed by atoms with Crippen molar-refractivity contribution in [1.82, 2.24) is 14.5 Å². The number of fused-ring (bicyclic) bond motifs is 1. The molecule has 1 fully saturated rings. The molecule has 2 amide bonds. The van der Waals surface area contributed by atoms with Crippen molar-refractivity contribution in [3.8, 4) is 0 Å². The number of hydrogen-bond donors (Lipinski definition) is 2. The summed E-state index contributed by atoms with van der Waals surface area (Å²) in [5.41, 5.74) is 8.54. The van der Waals surface area contributed by atoms with Gasteiger partial charge in [0.1, 0.15) is 0 Å². The Morgan fingerprint density at radius 3 is 2.52 bits per heavy atom. The van der Waals surface area contributed by atoms with Crippen molar-refractivity contribution < 1.29 is 9.59 Å². The Morgan fingerprint density at radius 2 is 1.79 bits per heavy atom. The van der Waals surface area contributed by atoms with E-state index in [2.05, 4.69) is 25.8 Å². The van der Waals surface area contributed by atoms with E-state index >= 15 is 0 Å². The van der Waals surface area contributed by atoms with Crippen LogP contribution in [0.1, 0.15) is 23.2 Å². The molecule has 2 heterocycles. The van der Waals surface area contributed by atoms with Crippen LogP contribution >= 0.6 is 0 Å². The minimum absolute atomic E-state index is 0.0455. The molecule has 0 bridgehead atoms. The Morgan fingerprint density at radius 1 is 1.07 bits per heavy atom. The molecule has 1 aromatic heterocycles. The minimum Gasteiger partial charge on any atom is -0.366 e. The lowest BCUT2D eigenvalue weighted by Crippen LogP contribution is -2.39. The molecule has 29 heavy (non-hydrogen) atoms. The van der Waals surface area contributed by atoms with Gasteiger partial charge in [-0.1, -0.05) is 12.1 Å². The molecule has 7 nitrogen and oxygen atoms in total. The smallest absolute Gasteiger partial charge is 0.248 e. The SMILES string of the molecule is NC(=O)c1ccc(NC(=O)CN2CCC(Cn3cnc4ccccc43)CC2)cc1. The molecule has 150 valence electrons. The van der Waals surface area contributed by atoms with Crippen molar-refractivity contribution in [2.45, 2.75) is 19.4 Å². The Bertz CT molecular complexity index is 1000. The van der Waals surface area contributed by atoms with Crippen molar-refractivity contribution >= 4 is 28.5 Å². The fourth-order valence-corrected chi connectivity index (χ4v) is 3.88. The molecule has 1 aliphatic rings. The number of para-hydroxylation sites is 2. The Balaban J connectivity index is 1.25. The molecule has 0 unspecified atom stereocenters. The van der Waals surface area contributed by atoms with Gasteiger partial charge in [0.15, 0.2) is 0 Å². The number of carbonyl (C=O) groups is 2. The molecular formula is C22H25N5O2. The number of anilines is 1. The number of piperidine rings is 1. The largest absolute Gasteiger partial charge is 0.366 e. The second-order valence-corrected chi connectivity index (χ2v) is 7.59. The van der Waals surface area contributed by atoms with E-state index in [0.29, 0.717) is 23.7 Å². The number of rotatable bonds is 6. The van der Waals surface area contributed by atoms with Gasteiger partial charge < -0.3 is 15.6 Å². The number of nitrogens with two attached hydrogens (primary N) is 1. The first-order valence-electron chi connectivity index (χ1n) is 9.90. The van der Waals surface area contributed by atoms with Crippen molar-refractivity contribution in [2.75, 3.05) is 25.0 Å². The molecule has 2 aromatic carbocycles. The highest BCUT2D eigenvalue weighted by atomic mass is 16.2. The van der Waals surface area contributed by atoms with E-state index in [4.69, 9.17) is 5.73 Å². The number of nitrogens with zero attached hydrogens (tertiary/aromatic N) is 3. The summed E-state index contributed by atoms with van der Waals surface area (Å²) >= 11 is 0. The molecule has 0 radical (unpaired) electrons. The second-order valence-electron chi connectivity index (χ2n) is 7.59. The van der Waals surface area contributed by atoms with Gasteiger partial charge in [-0.25, -0.2) is 4.98 Å². The van der Waals surface area contributed by atoms with Crippen molar-refractivity contribution in [3.63, 3.8) is 0 Å². The van der Waals surface area contributed by atoms with Crippen LogP contribution < -0.4 is 11.1 Å². The quantitative estimate of drug-likeness (QED) is 0.675.